The molecule has 0 heterocycles. The van der Waals surface area contributed by atoms with Crippen LogP contribution in [0.5, 0.6) is 0 Å². The molecule has 1 amide bonds. The summed E-state index contributed by atoms with van der Waals surface area (Å²) in [5, 5.41) is 44.0. The Morgan fingerprint density at radius 1 is 0.368 bits per heavy atom. The van der Waals surface area contributed by atoms with Crippen molar-refractivity contribution >= 4 is 5.91 Å². The van der Waals surface area contributed by atoms with Crippen molar-refractivity contribution in [3.05, 3.63) is 48.6 Å². The predicted octanol–water partition coefficient (Wildman–Crippen LogP) is 17.8. The van der Waals surface area contributed by atoms with E-state index in [1.165, 1.54) is 231 Å². The van der Waals surface area contributed by atoms with Crippen LogP contribution in [-0.4, -0.2) is 57.3 Å². The second-order valence-electron chi connectivity index (χ2n) is 20.7. The Balaban J connectivity index is 3.68. The lowest BCUT2D eigenvalue weighted by Gasteiger charge is -2.27. The third kappa shape index (κ3) is 49.3. The maximum Gasteiger partial charge on any atom is 0.249 e. The number of carbonyl (C=O) groups excluding carboxylic acids is 1. The molecule has 68 heavy (non-hydrogen) atoms. The highest BCUT2D eigenvalue weighted by Gasteiger charge is 2.28. The van der Waals surface area contributed by atoms with Crippen molar-refractivity contribution < 1.29 is 25.2 Å². The highest BCUT2D eigenvalue weighted by molar-refractivity contribution is 5.80. The first-order valence-electron chi connectivity index (χ1n) is 30.0. The summed E-state index contributed by atoms with van der Waals surface area (Å²) in [6.45, 7) is 4.07. The Morgan fingerprint density at radius 2 is 0.662 bits per heavy atom. The zero-order valence-corrected chi connectivity index (χ0v) is 45.4. The van der Waals surface area contributed by atoms with Gasteiger partial charge >= 0.3 is 0 Å². The molecule has 0 bridgehead atoms. The summed E-state index contributed by atoms with van der Waals surface area (Å²) < 4.78 is 0. The third-order valence-corrected chi connectivity index (χ3v) is 14.0. The fourth-order valence-electron chi connectivity index (χ4n) is 9.28. The number of hydrogen-bond donors (Lipinski definition) is 5. The summed E-state index contributed by atoms with van der Waals surface area (Å²) in [6, 6.07) is -1.01. The molecule has 0 rings (SSSR count). The first kappa shape index (κ1) is 66.3. The number of aliphatic hydroxyl groups is 4. The van der Waals surface area contributed by atoms with Crippen molar-refractivity contribution in [3.63, 3.8) is 0 Å². The Bertz CT molecular complexity index is 1120. The molecule has 400 valence electrons. The molecule has 6 heteroatoms. The molecule has 4 atom stereocenters. The van der Waals surface area contributed by atoms with E-state index in [1.54, 1.807) is 0 Å². The van der Waals surface area contributed by atoms with Crippen LogP contribution in [0.25, 0.3) is 0 Å². The van der Waals surface area contributed by atoms with E-state index in [1.807, 2.05) is 0 Å². The molecule has 0 spiro atoms. The van der Waals surface area contributed by atoms with Crippen molar-refractivity contribution in [1.82, 2.24) is 5.32 Å². The molecule has 0 aromatic carbocycles. The highest BCUT2D eigenvalue weighted by Crippen LogP contribution is 2.17. The molecule has 0 aliphatic carbocycles. The predicted molar refractivity (Wildman–Crippen MR) is 297 cm³/mol. The lowest BCUT2D eigenvalue weighted by Crippen LogP contribution is -2.53. The zero-order valence-electron chi connectivity index (χ0n) is 45.4. The SMILES string of the molecule is CCCCCCCCCCC/C=C\C/C=C\CCCCCCCCCCCCC(O)C(=O)NC(CO)C(O)C(O)CCC/C=C/CC/C=C/CCCCCCCCCCCCCCCCCCC. The molecule has 4 unspecified atom stereocenters. The van der Waals surface area contributed by atoms with Crippen LogP contribution < -0.4 is 5.32 Å². The van der Waals surface area contributed by atoms with Gasteiger partial charge in [-0.05, 0) is 83.5 Å². The molecule has 0 aromatic heterocycles. The molecule has 0 fully saturated rings. The summed E-state index contributed by atoms with van der Waals surface area (Å²) in [5.74, 6) is -0.598. The van der Waals surface area contributed by atoms with E-state index in [9.17, 15) is 25.2 Å². The van der Waals surface area contributed by atoms with Gasteiger partial charge in [0.1, 0.15) is 12.2 Å². The third-order valence-electron chi connectivity index (χ3n) is 14.0. The van der Waals surface area contributed by atoms with Gasteiger partial charge in [-0.25, -0.2) is 0 Å². The minimum Gasteiger partial charge on any atom is -0.394 e. The summed E-state index contributed by atoms with van der Waals surface area (Å²) in [4.78, 5) is 12.6. The van der Waals surface area contributed by atoms with E-state index in [-0.39, 0.29) is 0 Å². The van der Waals surface area contributed by atoms with Crippen LogP contribution in [0.2, 0.25) is 0 Å². The van der Waals surface area contributed by atoms with Crippen molar-refractivity contribution in [3.8, 4) is 0 Å². The van der Waals surface area contributed by atoms with Gasteiger partial charge in [-0.3, -0.25) is 4.79 Å². The Hall–Kier alpha value is -1.73. The summed E-state index contributed by atoms with van der Waals surface area (Å²) in [5.41, 5.74) is 0. The second kappa shape index (κ2) is 56.2. The number of allylic oxidation sites excluding steroid dienone is 8. The van der Waals surface area contributed by atoms with Gasteiger partial charge in [0, 0.05) is 0 Å². The number of hydrogen-bond acceptors (Lipinski definition) is 5. The Labute approximate surface area is 423 Å². The summed E-state index contributed by atoms with van der Waals surface area (Å²) in [7, 11) is 0. The van der Waals surface area contributed by atoms with E-state index >= 15 is 0 Å². The molecule has 6 nitrogen and oxygen atoms in total. The maximum atomic E-state index is 12.6. The van der Waals surface area contributed by atoms with Crippen molar-refractivity contribution in [2.75, 3.05) is 6.61 Å². The lowest BCUT2D eigenvalue weighted by atomic mass is 10.00. The number of aliphatic hydroxyl groups excluding tert-OH is 4. The smallest absolute Gasteiger partial charge is 0.249 e. The van der Waals surface area contributed by atoms with E-state index < -0.39 is 36.9 Å². The second-order valence-corrected chi connectivity index (χ2v) is 20.7. The van der Waals surface area contributed by atoms with Gasteiger partial charge < -0.3 is 25.7 Å². The van der Waals surface area contributed by atoms with E-state index in [0.29, 0.717) is 19.3 Å². The van der Waals surface area contributed by atoms with Crippen LogP contribution in [0, 0.1) is 0 Å². The number of amides is 1. The summed E-state index contributed by atoms with van der Waals surface area (Å²) >= 11 is 0. The molecule has 0 saturated carbocycles. The van der Waals surface area contributed by atoms with Crippen molar-refractivity contribution in [1.29, 1.82) is 0 Å². The van der Waals surface area contributed by atoms with Crippen LogP contribution in [0.15, 0.2) is 48.6 Å². The van der Waals surface area contributed by atoms with Gasteiger partial charge in [0.15, 0.2) is 0 Å². The quantitative estimate of drug-likeness (QED) is 0.0308. The fourth-order valence-corrected chi connectivity index (χ4v) is 9.28. The van der Waals surface area contributed by atoms with Gasteiger partial charge in [-0.2, -0.15) is 0 Å². The maximum absolute atomic E-state index is 12.6. The van der Waals surface area contributed by atoms with Gasteiger partial charge in [-0.15, -0.1) is 0 Å². The first-order chi connectivity index (χ1) is 33.5. The van der Waals surface area contributed by atoms with Gasteiger partial charge in [0.05, 0.1) is 18.8 Å². The molecule has 0 radical (unpaired) electrons. The molecular formula is C62H117NO5. The van der Waals surface area contributed by atoms with Crippen LogP contribution in [0.4, 0.5) is 0 Å². The molecular weight excluding hydrogens is 839 g/mol. The standard InChI is InChI=1S/C62H117NO5/c1-3-5-7-9-11-13-15-17-19-21-23-25-27-29-31-33-35-37-39-41-43-45-47-49-51-53-55-59(65)61(67)58(57-64)63-62(68)60(66)56-54-52-50-48-46-44-42-40-38-36-34-32-30-28-26-24-22-20-18-16-14-12-10-8-6-4-2/h24,26,30,32,39,41,47,49,58-61,64-67H,3-23,25,27-29,31,33-38,40,42-46,48,50-57H2,1-2H3,(H,63,68)/b26-24-,32-30-,41-39+,49-47+. The van der Waals surface area contributed by atoms with E-state index in [2.05, 4.69) is 67.8 Å². The first-order valence-corrected chi connectivity index (χ1v) is 30.0. The summed E-state index contributed by atoms with van der Waals surface area (Å²) in [6.07, 6.45) is 71.9. The van der Waals surface area contributed by atoms with Crippen LogP contribution >= 0.6 is 0 Å². The lowest BCUT2D eigenvalue weighted by molar-refractivity contribution is -0.132. The molecule has 5 N–H and O–H groups in total. The molecule has 0 saturated heterocycles. The van der Waals surface area contributed by atoms with Gasteiger partial charge in [-0.1, -0.05) is 274 Å². The highest BCUT2D eigenvalue weighted by atomic mass is 16.3. The van der Waals surface area contributed by atoms with Gasteiger partial charge in [0.25, 0.3) is 0 Å². The van der Waals surface area contributed by atoms with Crippen LogP contribution in [0.1, 0.15) is 309 Å². The number of rotatable bonds is 55. The van der Waals surface area contributed by atoms with Crippen LogP contribution in [0.3, 0.4) is 0 Å². The van der Waals surface area contributed by atoms with E-state index in [0.717, 1.165) is 44.9 Å². The number of carbonyl (C=O) groups is 1. The minimum absolute atomic E-state index is 0.356. The largest absolute Gasteiger partial charge is 0.394 e. The van der Waals surface area contributed by atoms with Crippen molar-refractivity contribution in [2.45, 2.75) is 334 Å². The average molecular weight is 957 g/mol. The fraction of sp³-hybridized carbons (Fsp3) is 0.855. The monoisotopic (exact) mass is 956 g/mol. The average Bonchev–Trinajstić information content (AvgIpc) is 3.34. The Kier molecular flexibility index (Phi) is 54.8. The minimum atomic E-state index is -1.29. The molecule has 0 aliphatic heterocycles. The topological polar surface area (TPSA) is 110 Å². The van der Waals surface area contributed by atoms with Gasteiger partial charge in [0.2, 0.25) is 5.91 Å². The number of nitrogens with one attached hydrogen (secondary N) is 1. The normalized spacial score (nSPS) is 14.0. The molecule has 0 aromatic rings. The van der Waals surface area contributed by atoms with E-state index in [4.69, 9.17) is 0 Å². The van der Waals surface area contributed by atoms with Crippen molar-refractivity contribution in [2.24, 2.45) is 0 Å². The zero-order chi connectivity index (χ0) is 49.5. The number of unbranched alkanes of at least 4 members (excludes halogenated alkanes) is 38. The van der Waals surface area contributed by atoms with Crippen LogP contribution in [-0.2, 0) is 4.79 Å². The molecule has 0 aliphatic rings. The Morgan fingerprint density at radius 3 is 1.01 bits per heavy atom.